The van der Waals surface area contributed by atoms with Gasteiger partial charge in [0, 0.05) is 12.8 Å². The van der Waals surface area contributed by atoms with Gasteiger partial charge in [-0.3, -0.25) is 4.79 Å². The highest BCUT2D eigenvalue weighted by Crippen LogP contribution is 2.08. The van der Waals surface area contributed by atoms with Crippen molar-refractivity contribution in [3.63, 3.8) is 0 Å². The van der Waals surface area contributed by atoms with Crippen LogP contribution >= 0.6 is 0 Å². The molecule has 0 amide bonds. The van der Waals surface area contributed by atoms with Gasteiger partial charge in [0.25, 0.3) is 6.47 Å². The molecule has 0 aliphatic heterocycles. The predicted molar refractivity (Wildman–Crippen MR) is 61.3 cm³/mol. The Morgan fingerprint density at radius 2 is 2.17 bits per heavy atom. The molecule has 5 nitrogen and oxygen atoms in total. The molecule has 18 heavy (non-hydrogen) atoms. The van der Waals surface area contributed by atoms with Gasteiger partial charge < -0.3 is 9.72 Å². The van der Waals surface area contributed by atoms with Crippen LogP contribution in [0.2, 0.25) is 0 Å². The third kappa shape index (κ3) is 3.38. The van der Waals surface area contributed by atoms with Gasteiger partial charge in [0.05, 0.1) is 6.61 Å². The van der Waals surface area contributed by atoms with Crippen molar-refractivity contribution in [2.24, 2.45) is 0 Å². The lowest BCUT2D eigenvalue weighted by Crippen LogP contribution is -1.98. The minimum atomic E-state index is -0.272. The highest BCUT2D eigenvalue weighted by atomic mass is 19.1. The average molecular weight is 249 g/mol. The summed E-state index contributed by atoms with van der Waals surface area (Å²) in [7, 11) is 0. The molecular formula is C12H12FN3O2. The molecule has 0 bridgehead atoms. The third-order valence-electron chi connectivity index (χ3n) is 2.37. The first-order valence-electron chi connectivity index (χ1n) is 5.48. The van der Waals surface area contributed by atoms with Gasteiger partial charge in [0.15, 0.2) is 0 Å². The van der Waals surface area contributed by atoms with Crippen LogP contribution in [0.25, 0.3) is 0 Å². The summed E-state index contributed by atoms with van der Waals surface area (Å²) in [5.74, 6) is 1.02. The summed E-state index contributed by atoms with van der Waals surface area (Å²) in [4.78, 5) is 13.0. The number of H-pyrrole nitrogens is 1. The first-order chi connectivity index (χ1) is 8.78. The molecule has 0 radical (unpaired) electrons. The van der Waals surface area contributed by atoms with Crippen molar-refractivity contribution in [1.82, 2.24) is 15.2 Å². The smallest absolute Gasteiger partial charge is 0.293 e. The van der Waals surface area contributed by atoms with Crippen LogP contribution in [-0.4, -0.2) is 28.3 Å². The van der Waals surface area contributed by atoms with E-state index in [0.29, 0.717) is 31.0 Å². The maximum absolute atomic E-state index is 13.0. The van der Waals surface area contributed by atoms with E-state index in [9.17, 15) is 9.18 Å². The monoisotopic (exact) mass is 249 g/mol. The van der Waals surface area contributed by atoms with Crippen LogP contribution in [-0.2, 0) is 22.4 Å². The number of hydrogen-bond acceptors (Lipinski definition) is 4. The summed E-state index contributed by atoms with van der Waals surface area (Å²) in [6.07, 6.45) is 0.966. The number of halogens is 1. The molecule has 2 aromatic rings. The second-order valence-electron chi connectivity index (χ2n) is 3.74. The van der Waals surface area contributed by atoms with E-state index in [2.05, 4.69) is 19.9 Å². The highest BCUT2D eigenvalue weighted by molar-refractivity contribution is 5.36. The number of aromatic nitrogens is 3. The number of benzene rings is 1. The summed E-state index contributed by atoms with van der Waals surface area (Å²) < 4.78 is 17.5. The fourth-order valence-corrected chi connectivity index (χ4v) is 1.57. The number of rotatable bonds is 6. The van der Waals surface area contributed by atoms with Crippen LogP contribution in [0.3, 0.4) is 0 Å². The minimum Gasteiger partial charge on any atom is -0.467 e. The van der Waals surface area contributed by atoms with Crippen molar-refractivity contribution < 1.29 is 13.9 Å². The summed E-state index contributed by atoms with van der Waals surface area (Å²) in [5.41, 5.74) is 0.821. The van der Waals surface area contributed by atoms with E-state index in [4.69, 9.17) is 0 Å². The van der Waals surface area contributed by atoms with E-state index in [-0.39, 0.29) is 12.4 Å². The van der Waals surface area contributed by atoms with E-state index < -0.39 is 0 Å². The topological polar surface area (TPSA) is 67.9 Å². The molecule has 94 valence electrons. The molecule has 0 saturated heterocycles. The van der Waals surface area contributed by atoms with Gasteiger partial charge >= 0.3 is 0 Å². The van der Waals surface area contributed by atoms with Crippen molar-refractivity contribution in [2.45, 2.75) is 12.8 Å². The maximum Gasteiger partial charge on any atom is 0.293 e. The largest absolute Gasteiger partial charge is 0.467 e. The standard InChI is InChI=1S/C12H12FN3O2/c13-10-3-1-2-9(6-10)7-12-14-11(15-16-12)4-5-18-8-17/h1-3,6,8H,4-5,7H2,(H,14,15,16). The van der Waals surface area contributed by atoms with Crippen molar-refractivity contribution >= 4 is 6.47 Å². The van der Waals surface area contributed by atoms with E-state index in [1.54, 1.807) is 6.07 Å². The van der Waals surface area contributed by atoms with Crippen molar-refractivity contribution in [2.75, 3.05) is 6.61 Å². The zero-order valence-corrected chi connectivity index (χ0v) is 9.60. The highest BCUT2D eigenvalue weighted by Gasteiger charge is 2.04. The van der Waals surface area contributed by atoms with E-state index in [0.717, 1.165) is 5.56 Å². The van der Waals surface area contributed by atoms with Gasteiger partial charge in [-0.05, 0) is 17.7 Å². The van der Waals surface area contributed by atoms with Gasteiger partial charge in [-0.2, -0.15) is 0 Å². The van der Waals surface area contributed by atoms with E-state index in [1.807, 2.05) is 6.07 Å². The summed E-state index contributed by atoms with van der Waals surface area (Å²) in [5, 5.41) is 7.86. The first kappa shape index (κ1) is 12.2. The lowest BCUT2D eigenvalue weighted by atomic mass is 10.1. The van der Waals surface area contributed by atoms with Gasteiger partial charge in [0.1, 0.15) is 17.5 Å². The molecule has 0 aliphatic carbocycles. The normalized spacial score (nSPS) is 10.3. The van der Waals surface area contributed by atoms with Crippen LogP contribution in [0.15, 0.2) is 24.3 Å². The summed E-state index contributed by atoms with van der Waals surface area (Å²) >= 11 is 0. The molecule has 1 N–H and O–H groups in total. The summed E-state index contributed by atoms with van der Waals surface area (Å²) in [6, 6.07) is 6.32. The van der Waals surface area contributed by atoms with Crippen LogP contribution in [0.4, 0.5) is 4.39 Å². The number of ether oxygens (including phenoxy) is 1. The Kier molecular flexibility index (Phi) is 4.01. The zero-order valence-electron chi connectivity index (χ0n) is 9.60. The molecule has 1 heterocycles. The Bertz CT molecular complexity index is 528. The molecule has 1 aromatic heterocycles. The molecule has 0 aliphatic rings. The number of nitrogens with zero attached hydrogens (tertiary/aromatic N) is 2. The Labute approximate surface area is 103 Å². The average Bonchev–Trinajstić information content (AvgIpc) is 2.77. The van der Waals surface area contributed by atoms with Crippen molar-refractivity contribution in [3.05, 3.63) is 47.3 Å². The Morgan fingerprint density at radius 1 is 1.33 bits per heavy atom. The first-order valence-corrected chi connectivity index (χ1v) is 5.48. The van der Waals surface area contributed by atoms with Crippen LogP contribution < -0.4 is 0 Å². The van der Waals surface area contributed by atoms with Gasteiger partial charge in [-0.15, -0.1) is 10.2 Å². The second kappa shape index (κ2) is 5.90. The molecule has 0 unspecified atom stereocenters. The van der Waals surface area contributed by atoms with Crippen LogP contribution in [0.1, 0.15) is 17.2 Å². The van der Waals surface area contributed by atoms with Crippen molar-refractivity contribution in [3.8, 4) is 0 Å². The number of carbonyl (C=O) groups excluding carboxylic acids is 1. The quantitative estimate of drug-likeness (QED) is 0.618. The SMILES string of the molecule is O=COCCc1nnc(Cc2cccc(F)c2)[nH]1. The zero-order chi connectivity index (χ0) is 12.8. The fourth-order valence-electron chi connectivity index (χ4n) is 1.57. The molecule has 2 rings (SSSR count). The Balaban J connectivity index is 1.96. The Hall–Kier alpha value is -2.24. The van der Waals surface area contributed by atoms with Crippen LogP contribution in [0.5, 0.6) is 0 Å². The van der Waals surface area contributed by atoms with Gasteiger partial charge in [0.2, 0.25) is 0 Å². The maximum atomic E-state index is 13.0. The summed E-state index contributed by atoms with van der Waals surface area (Å²) in [6.45, 7) is 0.655. The molecular weight excluding hydrogens is 237 g/mol. The molecule has 1 aromatic carbocycles. The minimum absolute atomic E-state index is 0.262. The molecule has 0 fully saturated rings. The number of aromatic amines is 1. The number of nitrogens with one attached hydrogen (secondary N) is 1. The molecule has 0 spiro atoms. The fraction of sp³-hybridized carbons (Fsp3) is 0.250. The van der Waals surface area contributed by atoms with Gasteiger partial charge in [-0.25, -0.2) is 4.39 Å². The van der Waals surface area contributed by atoms with Crippen molar-refractivity contribution in [1.29, 1.82) is 0 Å². The van der Waals surface area contributed by atoms with Crippen LogP contribution in [0, 0.1) is 5.82 Å². The van der Waals surface area contributed by atoms with Gasteiger partial charge in [-0.1, -0.05) is 12.1 Å². The lowest BCUT2D eigenvalue weighted by Gasteiger charge is -1.97. The molecule has 6 heteroatoms. The number of carbonyl (C=O) groups is 1. The number of hydrogen-bond donors (Lipinski definition) is 1. The second-order valence-corrected chi connectivity index (χ2v) is 3.74. The Morgan fingerprint density at radius 3 is 2.94 bits per heavy atom. The predicted octanol–water partition coefficient (Wildman–Crippen LogP) is 1.25. The van der Waals surface area contributed by atoms with E-state index >= 15 is 0 Å². The molecule has 0 saturated carbocycles. The lowest BCUT2D eigenvalue weighted by molar-refractivity contribution is -0.128. The molecule has 0 atom stereocenters. The third-order valence-corrected chi connectivity index (χ3v) is 2.37. The van der Waals surface area contributed by atoms with E-state index in [1.165, 1.54) is 12.1 Å².